The summed E-state index contributed by atoms with van der Waals surface area (Å²) in [6, 6.07) is 0. The Bertz CT molecular complexity index is 600. The Morgan fingerprint density at radius 2 is 2.00 bits per heavy atom. The zero-order valence-electron chi connectivity index (χ0n) is 13.8. The van der Waals surface area contributed by atoms with Crippen molar-refractivity contribution in [2.45, 2.75) is 59.3 Å². The molecule has 0 amide bonds. The average molecular weight is 280 g/mol. The molecule has 1 fully saturated rings. The summed E-state index contributed by atoms with van der Waals surface area (Å²) >= 11 is 0. The highest BCUT2D eigenvalue weighted by atomic mass is 14.6. The first-order valence-corrected chi connectivity index (χ1v) is 8.72. The van der Waals surface area contributed by atoms with Gasteiger partial charge in [0.15, 0.2) is 0 Å². The molecular weight excluding hydrogens is 252 g/mol. The van der Waals surface area contributed by atoms with Crippen molar-refractivity contribution in [2.24, 2.45) is 22.7 Å². The van der Waals surface area contributed by atoms with Gasteiger partial charge in [-0.1, -0.05) is 55.4 Å². The molecule has 4 aliphatic rings. The highest BCUT2D eigenvalue weighted by Gasteiger charge is 2.52. The molecule has 0 aliphatic heterocycles. The molecule has 0 aromatic carbocycles. The van der Waals surface area contributed by atoms with Crippen molar-refractivity contribution < 1.29 is 0 Å². The maximum absolute atomic E-state index is 4.40. The Labute approximate surface area is 129 Å². The quantitative estimate of drug-likeness (QED) is 0.479. The second kappa shape index (κ2) is 4.24. The van der Waals surface area contributed by atoms with E-state index in [1.54, 1.807) is 16.7 Å². The number of rotatable bonds is 0. The maximum atomic E-state index is 4.40. The van der Waals surface area contributed by atoms with E-state index in [1.807, 2.05) is 0 Å². The predicted molar refractivity (Wildman–Crippen MR) is 90.0 cm³/mol. The lowest BCUT2D eigenvalue weighted by Crippen LogP contribution is -2.41. The van der Waals surface area contributed by atoms with Crippen LogP contribution in [0.1, 0.15) is 59.3 Å². The van der Waals surface area contributed by atoms with Gasteiger partial charge in [0, 0.05) is 5.41 Å². The summed E-state index contributed by atoms with van der Waals surface area (Å²) in [5, 5.41) is 0. The van der Waals surface area contributed by atoms with Crippen LogP contribution in [0.4, 0.5) is 0 Å². The average Bonchev–Trinajstić information content (AvgIpc) is 2.76. The van der Waals surface area contributed by atoms with E-state index in [9.17, 15) is 0 Å². The Kier molecular flexibility index (Phi) is 2.75. The fourth-order valence-electron chi connectivity index (χ4n) is 5.69. The minimum atomic E-state index is 0.327. The van der Waals surface area contributed by atoms with Crippen molar-refractivity contribution in [1.82, 2.24) is 0 Å². The smallest absolute Gasteiger partial charge is 0.0136 e. The molecule has 0 aromatic rings. The van der Waals surface area contributed by atoms with Crippen LogP contribution in [-0.2, 0) is 0 Å². The van der Waals surface area contributed by atoms with E-state index in [-0.39, 0.29) is 0 Å². The zero-order chi connectivity index (χ0) is 14.8. The normalized spacial score (nSPS) is 45.1. The van der Waals surface area contributed by atoms with Crippen LogP contribution in [0.5, 0.6) is 0 Å². The third kappa shape index (κ3) is 1.68. The summed E-state index contributed by atoms with van der Waals surface area (Å²) in [7, 11) is 0. The summed E-state index contributed by atoms with van der Waals surface area (Å²) in [4.78, 5) is 0. The van der Waals surface area contributed by atoms with Crippen molar-refractivity contribution in [3.63, 3.8) is 0 Å². The largest absolute Gasteiger partial charge is 0.0993 e. The van der Waals surface area contributed by atoms with Crippen LogP contribution < -0.4 is 0 Å². The second-order valence-corrected chi connectivity index (χ2v) is 8.35. The van der Waals surface area contributed by atoms with E-state index in [1.165, 1.54) is 44.1 Å². The Morgan fingerprint density at radius 3 is 2.81 bits per heavy atom. The van der Waals surface area contributed by atoms with Gasteiger partial charge in [-0.2, -0.15) is 0 Å². The molecule has 0 heteroatoms. The number of allylic oxidation sites excluding steroid dienone is 7. The lowest BCUT2D eigenvalue weighted by molar-refractivity contribution is 0.163. The van der Waals surface area contributed by atoms with Gasteiger partial charge in [0.25, 0.3) is 0 Å². The van der Waals surface area contributed by atoms with Crippen molar-refractivity contribution in [3.05, 3.63) is 47.1 Å². The van der Waals surface area contributed by atoms with E-state index in [4.69, 9.17) is 0 Å². The van der Waals surface area contributed by atoms with E-state index in [0.29, 0.717) is 10.8 Å². The molecule has 0 aromatic heterocycles. The van der Waals surface area contributed by atoms with Gasteiger partial charge in [-0.3, -0.25) is 0 Å². The summed E-state index contributed by atoms with van der Waals surface area (Å²) in [5.41, 5.74) is 7.18. The maximum Gasteiger partial charge on any atom is 0.0136 e. The van der Waals surface area contributed by atoms with Crippen molar-refractivity contribution in [2.75, 3.05) is 0 Å². The van der Waals surface area contributed by atoms with Crippen LogP contribution in [0.15, 0.2) is 47.1 Å². The molecule has 4 aliphatic carbocycles. The van der Waals surface area contributed by atoms with E-state index in [2.05, 4.69) is 45.6 Å². The standard InChI is InChI=1S/C21H28/c1-14-9-11-21(4)16(13-14)6-7-17-18-8-5-15(2)20(18,3)12-10-19(17)21/h6,10,13,17-18H,2,5,7-9,11-12H2,1,3-4H3. The molecular formula is C21H28. The first-order valence-electron chi connectivity index (χ1n) is 8.72. The summed E-state index contributed by atoms with van der Waals surface area (Å²) in [5.74, 6) is 1.62. The van der Waals surface area contributed by atoms with Crippen molar-refractivity contribution in [1.29, 1.82) is 0 Å². The molecule has 112 valence electrons. The molecule has 4 rings (SSSR count). The molecule has 1 saturated carbocycles. The predicted octanol–water partition coefficient (Wildman–Crippen LogP) is 5.98. The molecule has 4 unspecified atom stereocenters. The zero-order valence-corrected chi connectivity index (χ0v) is 13.8. The third-order valence-corrected chi connectivity index (χ3v) is 7.30. The van der Waals surface area contributed by atoms with Crippen LogP contribution in [0.2, 0.25) is 0 Å². The van der Waals surface area contributed by atoms with Crippen LogP contribution in [0, 0.1) is 22.7 Å². The highest BCUT2D eigenvalue weighted by Crippen LogP contribution is 2.63. The van der Waals surface area contributed by atoms with Crippen molar-refractivity contribution >= 4 is 0 Å². The number of hydrogen-bond acceptors (Lipinski definition) is 0. The van der Waals surface area contributed by atoms with Gasteiger partial charge < -0.3 is 0 Å². The number of hydrogen-bond donors (Lipinski definition) is 0. The monoisotopic (exact) mass is 280 g/mol. The summed E-state index contributed by atoms with van der Waals surface area (Å²) in [6.45, 7) is 11.7. The van der Waals surface area contributed by atoms with E-state index in [0.717, 1.165) is 11.8 Å². The third-order valence-electron chi connectivity index (χ3n) is 7.30. The van der Waals surface area contributed by atoms with Crippen LogP contribution in [-0.4, -0.2) is 0 Å². The van der Waals surface area contributed by atoms with Crippen molar-refractivity contribution in [3.8, 4) is 0 Å². The Hall–Kier alpha value is -1.04. The van der Waals surface area contributed by atoms with E-state index < -0.39 is 0 Å². The fraction of sp³-hybridized carbons (Fsp3) is 0.619. The Morgan fingerprint density at radius 1 is 1.19 bits per heavy atom. The molecule has 0 radical (unpaired) electrons. The summed E-state index contributed by atoms with van der Waals surface area (Å²) < 4.78 is 0. The molecule has 0 bridgehead atoms. The van der Waals surface area contributed by atoms with Gasteiger partial charge in [-0.25, -0.2) is 0 Å². The minimum Gasteiger partial charge on any atom is -0.0993 e. The van der Waals surface area contributed by atoms with E-state index >= 15 is 0 Å². The first kappa shape index (κ1) is 13.6. The SMILES string of the molecule is C=C1CCC2C3CC=C4C=C(C)CCC4(C)C3=CCC12C. The Balaban J connectivity index is 1.79. The molecule has 0 spiro atoms. The van der Waals surface area contributed by atoms with Crippen LogP contribution in [0.3, 0.4) is 0 Å². The number of fused-ring (bicyclic) bond motifs is 5. The molecule has 0 nitrogen and oxygen atoms in total. The second-order valence-electron chi connectivity index (χ2n) is 8.35. The topological polar surface area (TPSA) is 0 Å². The van der Waals surface area contributed by atoms with Gasteiger partial charge >= 0.3 is 0 Å². The molecule has 4 atom stereocenters. The fourth-order valence-corrected chi connectivity index (χ4v) is 5.69. The highest BCUT2D eigenvalue weighted by molar-refractivity contribution is 5.46. The van der Waals surface area contributed by atoms with Gasteiger partial charge in [0.1, 0.15) is 0 Å². The van der Waals surface area contributed by atoms with Gasteiger partial charge in [-0.15, -0.1) is 0 Å². The van der Waals surface area contributed by atoms with Gasteiger partial charge in [0.2, 0.25) is 0 Å². The van der Waals surface area contributed by atoms with Crippen LogP contribution >= 0.6 is 0 Å². The lowest BCUT2D eigenvalue weighted by atomic mass is 9.53. The molecule has 0 saturated heterocycles. The molecule has 0 N–H and O–H groups in total. The van der Waals surface area contributed by atoms with Gasteiger partial charge in [-0.05, 0) is 68.3 Å². The molecule has 0 heterocycles. The lowest BCUT2D eigenvalue weighted by Gasteiger charge is -2.51. The van der Waals surface area contributed by atoms with Crippen LogP contribution in [0.25, 0.3) is 0 Å². The van der Waals surface area contributed by atoms with Gasteiger partial charge in [0.05, 0.1) is 0 Å². The molecule has 21 heavy (non-hydrogen) atoms. The minimum absolute atomic E-state index is 0.327. The summed E-state index contributed by atoms with van der Waals surface area (Å²) in [6.07, 6.45) is 15.4. The first-order chi connectivity index (χ1) is 9.95.